The summed E-state index contributed by atoms with van der Waals surface area (Å²) < 4.78 is 6.56. The summed E-state index contributed by atoms with van der Waals surface area (Å²) >= 11 is 0. The summed E-state index contributed by atoms with van der Waals surface area (Å²) in [5.41, 5.74) is 19.7. The van der Waals surface area contributed by atoms with Crippen LogP contribution in [0.3, 0.4) is 0 Å². The number of benzene rings is 9. The van der Waals surface area contributed by atoms with Gasteiger partial charge < -0.3 is 9.32 Å². The highest BCUT2D eigenvalue weighted by atomic mass is 16.3. The molecule has 266 valence electrons. The fraction of sp³-hybridized carbons (Fsp3) is 0.0182. The van der Waals surface area contributed by atoms with E-state index in [1.807, 2.05) is 6.07 Å². The first-order chi connectivity index (χ1) is 28.3. The van der Waals surface area contributed by atoms with E-state index in [0.717, 1.165) is 55.7 Å². The van der Waals surface area contributed by atoms with E-state index in [1.165, 1.54) is 50.1 Å². The maximum absolute atomic E-state index is 6.56. The maximum Gasteiger partial charge on any atom is 0.143 e. The van der Waals surface area contributed by atoms with Gasteiger partial charge in [0, 0.05) is 33.3 Å². The number of rotatable bonds is 5. The Morgan fingerprint density at radius 3 is 1.60 bits per heavy atom. The molecule has 0 saturated carbocycles. The highest BCUT2D eigenvalue weighted by Gasteiger charge is 2.51. The third-order valence-corrected chi connectivity index (χ3v) is 12.3. The van der Waals surface area contributed by atoms with E-state index in [4.69, 9.17) is 4.42 Å². The zero-order valence-corrected chi connectivity index (χ0v) is 31.1. The van der Waals surface area contributed by atoms with Crippen molar-refractivity contribution in [2.45, 2.75) is 5.41 Å². The Balaban J connectivity index is 1.12. The number of hydrogen-bond acceptors (Lipinski definition) is 2. The highest BCUT2D eigenvalue weighted by Crippen LogP contribution is 2.63. The van der Waals surface area contributed by atoms with Gasteiger partial charge >= 0.3 is 0 Å². The predicted octanol–water partition coefficient (Wildman–Crippen LogP) is 14.7. The molecule has 0 N–H and O–H groups in total. The third kappa shape index (κ3) is 4.53. The lowest BCUT2D eigenvalue weighted by molar-refractivity contribution is 0.670. The van der Waals surface area contributed by atoms with Crippen LogP contribution in [0.5, 0.6) is 0 Å². The first kappa shape index (κ1) is 31.9. The van der Waals surface area contributed by atoms with Crippen LogP contribution in [0.2, 0.25) is 0 Å². The molecule has 0 radical (unpaired) electrons. The van der Waals surface area contributed by atoms with Crippen LogP contribution in [0.25, 0.3) is 66.4 Å². The second-order valence-corrected chi connectivity index (χ2v) is 15.2. The predicted molar refractivity (Wildman–Crippen MR) is 236 cm³/mol. The molecule has 0 aliphatic heterocycles. The van der Waals surface area contributed by atoms with Crippen LogP contribution in [0.15, 0.2) is 217 Å². The minimum atomic E-state index is -0.446. The minimum Gasteiger partial charge on any atom is -0.455 e. The van der Waals surface area contributed by atoms with E-state index in [2.05, 4.69) is 211 Å². The fourth-order valence-corrected chi connectivity index (χ4v) is 9.97. The van der Waals surface area contributed by atoms with Crippen LogP contribution < -0.4 is 4.90 Å². The summed E-state index contributed by atoms with van der Waals surface area (Å²) in [6.45, 7) is 0. The van der Waals surface area contributed by atoms with Gasteiger partial charge in [0.15, 0.2) is 0 Å². The number of nitrogens with zero attached hydrogens (tertiary/aromatic N) is 1. The molecule has 10 aromatic rings. The monoisotopic (exact) mass is 725 g/mol. The molecule has 0 unspecified atom stereocenters. The standard InChI is InChI=1S/C55H35NO/c1-2-16-36(17-3-1)40-20-7-12-30-52(40)56(38-19-14-18-37(34-38)41-25-15-26-47-46-24-8-13-31-53(46)57-54(41)47)39-32-33-45-44-23-6-11-29-50(44)55(51(45)35-39)48-27-9-4-21-42(48)43-22-5-10-28-49(43)55/h1-35H. The Hall–Kier alpha value is -7.42. The number of anilines is 3. The zero-order valence-electron chi connectivity index (χ0n) is 31.1. The summed E-state index contributed by atoms with van der Waals surface area (Å²) in [5, 5.41) is 2.26. The molecule has 2 aliphatic rings. The Bertz CT molecular complexity index is 3140. The molecule has 2 heteroatoms. The average molecular weight is 726 g/mol. The molecule has 9 aromatic carbocycles. The van der Waals surface area contributed by atoms with Gasteiger partial charge in [0.2, 0.25) is 0 Å². The zero-order chi connectivity index (χ0) is 37.5. The molecular formula is C55H35NO. The van der Waals surface area contributed by atoms with E-state index >= 15 is 0 Å². The quantitative estimate of drug-likeness (QED) is 0.176. The smallest absolute Gasteiger partial charge is 0.143 e. The molecule has 0 fully saturated rings. The van der Waals surface area contributed by atoms with Crippen LogP contribution in [0, 0.1) is 0 Å². The van der Waals surface area contributed by atoms with Crippen molar-refractivity contribution in [3.8, 4) is 44.5 Å². The number of fused-ring (bicyclic) bond motifs is 13. The fourth-order valence-electron chi connectivity index (χ4n) is 9.97. The lowest BCUT2D eigenvalue weighted by Gasteiger charge is -2.33. The molecule has 2 aliphatic carbocycles. The molecule has 0 saturated heterocycles. The molecule has 0 amide bonds. The van der Waals surface area contributed by atoms with Gasteiger partial charge in [-0.05, 0) is 92.0 Å². The van der Waals surface area contributed by atoms with Crippen LogP contribution in [-0.4, -0.2) is 0 Å². The summed E-state index contributed by atoms with van der Waals surface area (Å²) in [4.78, 5) is 2.45. The van der Waals surface area contributed by atoms with E-state index < -0.39 is 5.41 Å². The summed E-state index contributed by atoms with van der Waals surface area (Å²) in [5.74, 6) is 0. The molecule has 1 heterocycles. The van der Waals surface area contributed by atoms with Gasteiger partial charge in [0.1, 0.15) is 11.2 Å². The molecule has 57 heavy (non-hydrogen) atoms. The Morgan fingerprint density at radius 1 is 0.333 bits per heavy atom. The second kappa shape index (κ2) is 12.3. The van der Waals surface area contributed by atoms with Gasteiger partial charge in [0.05, 0.1) is 11.1 Å². The summed E-state index contributed by atoms with van der Waals surface area (Å²) in [6, 6.07) is 77.5. The Kier molecular flexibility index (Phi) is 6.88. The lowest BCUT2D eigenvalue weighted by atomic mass is 9.70. The van der Waals surface area contributed by atoms with Crippen LogP contribution in [-0.2, 0) is 5.41 Å². The van der Waals surface area contributed by atoms with Gasteiger partial charge in [-0.3, -0.25) is 0 Å². The first-order valence-electron chi connectivity index (χ1n) is 19.7. The number of para-hydroxylation sites is 3. The molecule has 0 bridgehead atoms. The summed E-state index contributed by atoms with van der Waals surface area (Å²) in [6.07, 6.45) is 0. The van der Waals surface area contributed by atoms with Gasteiger partial charge in [-0.25, -0.2) is 0 Å². The number of hydrogen-bond donors (Lipinski definition) is 0. The maximum atomic E-state index is 6.56. The first-order valence-corrected chi connectivity index (χ1v) is 19.7. The van der Waals surface area contributed by atoms with Crippen molar-refractivity contribution in [1.29, 1.82) is 0 Å². The molecule has 1 spiro atoms. The van der Waals surface area contributed by atoms with E-state index in [-0.39, 0.29) is 0 Å². The van der Waals surface area contributed by atoms with Crippen molar-refractivity contribution < 1.29 is 4.42 Å². The molecule has 12 rings (SSSR count). The molecule has 1 aromatic heterocycles. The van der Waals surface area contributed by atoms with E-state index in [1.54, 1.807) is 0 Å². The second-order valence-electron chi connectivity index (χ2n) is 15.2. The van der Waals surface area contributed by atoms with Crippen molar-refractivity contribution in [2.24, 2.45) is 0 Å². The highest BCUT2D eigenvalue weighted by molar-refractivity contribution is 6.09. The van der Waals surface area contributed by atoms with Crippen molar-refractivity contribution in [3.63, 3.8) is 0 Å². The topological polar surface area (TPSA) is 16.4 Å². The largest absolute Gasteiger partial charge is 0.455 e. The van der Waals surface area contributed by atoms with Crippen LogP contribution in [0.4, 0.5) is 17.1 Å². The average Bonchev–Trinajstić information content (AvgIpc) is 3.91. The van der Waals surface area contributed by atoms with Crippen molar-refractivity contribution in [2.75, 3.05) is 4.90 Å². The van der Waals surface area contributed by atoms with Crippen molar-refractivity contribution in [1.82, 2.24) is 0 Å². The van der Waals surface area contributed by atoms with Gasteiger partial charge in [-0.15, -0.1) is 0 Å². The Morgan fingerprint density at radius 2 is 0.860 bits per heavy atom. The minimum absolute atomic E-state index is 0.446. The molecule has 2 nitrogen and oxygen atoms in total. The molecular weight excluding hydrogens is 691 g/mol. The van der Waals surface area contributed by atoms with Crippen LogP contribution in [0.1, 0.15) is 22.3 Å². The van der Waals surface area contributed by atoms with E-state index in [0.29, 0.717) is 0 Å². The third-order valence-electron chi connectivity index (χ3n) is 12.3. The van der Waals surface area contributed by atoms with Crippen molar-refractivity contribution >= 4 is 39.0 Å². The summed E-state index contributed by atoms with van der Waals surface area (Å²) in [7, 11) is 0. The van der Waals surface area contributed by atoms with Gasteiger partial charge in [0.25, 0.3) is 0 Å². The lowest BCUT2D eigenvalue weighted by Crippen LogP contribution is -2.26. The van der Waals surface area contributed by atoms with Gasteiger partial charge in [-0.1, -0.05) is 176 Å². The van der Waals surface area contributed by atoms with E-state index in [9.17, 15) is 0 Å². The van der Waals surface area contributed by atoms with Crippen molar-refractivity contribution in [3.05, 3.63) is 235 Å². The molecule has 0 atom stereocenters. The normalized spacial score (nSPS) is 13.1. The number of furan rings is 1. The van der Waals surface area contributed by atoms with Crippen LogP contribution >= 0.6 is 0 Å². The Labute approximate surface area is 331 Å². The SMILES string of the molecule is c1ccc(-c2ccccc2N(c2cccc(-c3cccc4c3oc3ccccc34)c2)c2ccc3c(c2)C2(c4ccccc4-c4ccccc42)c2ccccc2-3)cc1. The van der Waals surface area contributed by atoms with Gasteiger partial charge in [-0.2, -0.15) is 0 Å².